The zero-order chi connectivity index (χ0) is 13.1. The van der Waals surface area contributed by atoms with Gasteiger partial charge in [-0.25, -0.2) is 4.79 Å². The lowest BCUT2D eigenvalue weighted by Gasteiger charge is -2.37. The Kier molecular flexibility index (Phi) is 2.46. The van der Waals surface area contributed by atoms with Gasteiger partial charge in [-0.05, 0) is 40.0 Å². The van der Waals surface area contributed by atoms with Crippen LogP contribution in [-0.2, 0) is 0 Å². The van der Waals surface area contributed by atoms with Crippen LogP contribution >= 0.6 is 0 Å². The third kappa shape index (κ3) is 1.49. The number of urea groups is 1. The van der Waals surface area contributed by atoms with Gasteiger partial charge < -0.3 is 10.6 Å². The van der Waals surface area contributed by atoms with Gasteiger partial charge in [0.1, 0.15) is 11.4 Å². The molecule has 0 aromatic heterocycles. The van der Waals surface area contributed by atoms with Gasteiger partial charge in [-0.2, -0.15) is 4.99 Å². The summed E-state index contributed by atoms with van der Waals surface area (Å²) < 4.78 is 0. The van der Waals surface area contributed by atoms with Crippen molar-refractivity contribution in [2.45, 2.75) is 63.7 Å². The highest BCUT2D eigenvalue weighted by atomic mass is 16.2. The van der Waals surface area contributed by atoms with E-state index in [4.69, 9.17) is 5.73 Å². The van der Waals surface area contributed by atoms with E-state index in [9.17, 15) is 4.79 Å². The SMILES string of the molecule is CC1CC2(CN1C1CC1)C(N)=NC(=O)N2C(C)C. The number of carbonyl (C=O) groups excluding carboxylic acids is 1. The van der Waals surface area contributed by atoms with E-state index in [1.165, 1.54) is 12.8 Å². The predicted octanol–water partition coefficient (Wildman–Crippen LogP) is 1.18. The Hall–Kier alpha value is -1.10. The number of nitrogens with two attached hydrogens (primary N) is 1. The molecule has 18 heavy (non-hydrogen) atoms. The number of hydrogen-bond acceptors (Lipinski definition) is 3. The van der Waals surface area contributed by atoms with E-state index in [1.807, 2.05) is 18.7 Å². The second-order valence-electron chi connectivity index (χ2n) is 6.23. The van der Waals surface area contributed by atoms with Gasteiger partial charge in [-0.3, -0.25) is 4.90 Å². The molecule has 2 amide bonds. The fourth-order valence-electron chi connectivity index (χ4n) is 3.67. The van der Waals surface area contributed by atoms with Crippen molar-refractivity contribution in [1.82, 2.24) is 9.80 Å². The van der Waals surface area contributed by atoms with Gasteiger partial charge in [0.15, 0.2) is 0 Å². The van der Waals surface area contributed by atoms with E-state index in [0.29, 0.717) is 17.9 Å². The molecule has 2 aliphatic heterocycles. The molecule has 100 valence electrons. The quantitative estimate of drug-likeness (QED) is 0.800. The average Bonchev–Trinajstić information content (AvgIpc) is 2.99. The van der Waals surface area contributed by atoms with Crippen molar-refractivity contribution in [3.05, 3.63) is 0 Å². The second-order valence-corrected chi connectivity index (χ2v) is 6.23. The maximum absolute atomic E-state index is 12.0. The molecule has 0 bridgehead atoms. The first kappa shape index (κ1) is 12.0. The fraction of sp³-hybridized carbons (Fsp3) is 0.846. The van der Waals surface area contributed by atoms with E-state index in [0.717, 1.165) is 13.0 Å². The van der Waals surface area contributed by atoms with Crippen LogP contribution in [-0.4, -0.2) is 51.9 Å². The number of carbonyl (C=O) groups is 1. The summed E-state index contributed by atoms with van der Waals surface area (Å²) in [7, 11) is 0. The van der Waals surface area contributed by atoms with Crippen LogP contribution in [0.4, 0.5) is 4.79 Å². The van der Waals surface area contributed by atoms with E-state index < -0.39 is 0 Å². The monoisotopic (exact) mass is 250 g/mol. The maximum atomic E-state index is 12.0. The molecule has 0 radical (unpaired) electrons. The Morgan fingerprint density at radius 1 is 1.44 bits per heavy atom. The van der Waals surface area contributed by atoms with Gasteiger partial charge in [-0.1, -0.05) is 0 Å². The van der Waals surface area contributed by atoms with Crippen molar-refractivity contribution in [2.75, 3.05) is 6.54 Å². The molecular weight excluding hydrogens is 228 g/mol. The summed E-state index contributed by atoms with van der Waals surface area (Å²) in [6.07, 6.45) is 3.49. The Morgan fingerprint density at radius 2 is 2.11 bits per heavy atom. The number of nitrogens with zero attached hydrogens (tertiary/aromatic N) is 3. The summed E-state index contributed by atoms with van der Waals surface area (Å²) >= 11 is 0. The van der Waals surface area contributed by atoms with Gasteiger partial charge >= 0.3 is 6.03 Å². The smallest absolute Gasteiger partial charge is 0.346 e. The summed E-state index contributed by atoms with van der Waals surface area (Å²) in [6.45, 7) is 7.18. The van der Waals surface area contributed by atoms with Gasteiger partial charge in [0.25, 0.3) is 0 Å². The molecule has 2 unspecified atom stereocenters. The highest BCUT2D eigenvalue weighted by Gasteiger charge is 2.57. The molecule has 1 aliphatic carbocycles. The third-order valence-corrected chi connectivity index (χ3v) is 4.54. The van der Waals surface area contributed by atoms with Crippen LogP contribution in [0.2, 0.25) is 0 Å². The summed E-state index contributed by atoms with van der Waals surface area (Å²) in [5.41, 5.74) is 5.76. The molecule has 0 aromatic rings. The standard InChI is InChI=1S/C13H22N4O/c1-8(2)17-12(18)15-11(14)13(17)6-9(3)16(7-13)10-4-5-10/h8-10H,4-7H2,1-3H3,(H2,14,15,18). The van der Waals surface area contributed by atoms with E-state index in [2.05, 4.69) is 16.8 Å². The highest BCUT2D eigenvalue weighted by Crippen LogP contribution is 2.42. The molecule has 2 atom stereocenters. The molecule has 3 rings (SSSR count). The molecule has 2 fully saturated rings. The van der Waals surface area contributed by atoms with E-state index >= 15 is 0 Å². The zero-order valence-electron chi connectivity index (χ0n) is 11.4. The van der Waals surface area contributed by atoms with Gasteiger partial charge in [0.2, 0.25) is 0 Å². The Morgan fingerprint density at radius 3 is 2.67 bits per heavy atom. The number of rotatable bonds is 2. The first-order chi connectivity index (χ1) is 8.45. The summed E-state index contributed by atoms with van der Waals surface area (Å²) in [5, 5.41) is 0. The number of likely N-dealkylation sites (tertiary alicyclic amines) is 1. The van der Waals surface area contributed by atoms with Gasteiger partial charge in [-0.15, -0.1) is 0 Å². The highest BCUT2D eigenvalue weighted by molar-refractivity contribution is 6.06. The van der Waals surface area contributed by atoms with Crippen molar-refractivity contribution < 1.29 is 4.79 Å². The van der Waals surface area contributed by atoms with Crippen molar-refractivity contribution in [2.24, 2.45) is 10.7 Å². The zero-order valence-corrected chi connectivity index (χ0v) is 11.4. The molecule has 1 saturated heterocycles. The molecule has 2 heterocycles. The summed E-state index contributed by atoms with van der Waals surface area (Å²) in [6, 6.07) is 1.18. The van der Waals surface area contributed by atoms with Crippen LogP contribution in [0.15, 0.2) is 4.99 Å². The largest absolute Gasteiger partial charge is 0.385 e. The van der Waals surface area contributed by atoms with Crippen LogP contribution in [0, 0.1) is 0 Å². The molecule has 2 N–H and O–H groups in total. The lowest BCUT2D eigenvalue weighted by Crippen LogP contribution is -2.58. The number of aliphatic imine (C=N–C) groups is 1. The topological polar surface area (TPSA) is 61.9 Å². The fourth-order valence-corrected chi connectivity index (χ4v) is 3.67. The van der Waals surface area contributed by atoms with E-state index in [-0.39, 0.29) is 17.6 Å². The normalized spacial score (nSPS) is 37.1. The van der Waals surface area contributed by atoms with Gasteiger partial charge in [0, 0.05) is 24.7 Å². The lowest BCUT2D eigenvalue weighted by atomic mass is 9.92. The van der Waals surface area contributed by atoms with Crippen LogP contribution in [0.5, 0.6) is 0 Å². The van der Waals surface area contributed by atoms with Crippen molar-refractivity contribution in [3.8, 4) is 0 Å². The van der Waals surface area contributed by atoms with Gasteiger partial charge in [0.05, 0.1) is 0 Å². The molecule has 5 heteroatoms. The Labute approximate surface area is 108 Å². The average molecular weight is 250 g/mol. The molecule has 3 aliphatic rings. The molecule has 1 saturated carbocycles. The molecular formula is C13H22N4O. The predicted molar refractivity (Wildman–Crippen MR) is 70.5 cm³/mol. The maximum Gasteiger partial charge on any atom is 0.346 e. The first-order valence-electron chi connectivity index (χ1n) is 6.89. The van der Waals surface area contributed by atoms with Crippen molar-refractivity contribution in [3.63, 3.8) is 0 Å². The summed E-state index contributed by atoms with van der Waals surface area (Å²) in [4.78, 5) is 20.5. The van der Waals surface area contributed by atoms with Crippen LogP contribution in [0.25, 0.3) is 0 Å². The summed E-state index contributed by atoms with van der Waals surface area (Å²) in [5.74, 6) is 0.524. The Balaban J connectivity index is 1.93. The van der Waals surface area contributed by atoms with Crippen LogP contribution < -0.4 is 5.73 Å². The van der Waals surface area contributed by atoms with Crippen molar-refractivity contribution in [1.29, 1.82) is 0 Å². The number of hydrogen-bond donors (Lipinski definition) is 1. The molecule has 0 aromatic carbocycles. The Bertz CT molecular complexity index is 415. The number of amidine groups is 1. The number of amides is 2. The first-order valence-corrected chi connectivity index (χ1v) is 6.89. The minimum atomic E-state index is -0.340. The minimum absolute atomic E-state index is 0.147. The van der Waals surface area contributed by atoms with Crippen LogP contribution in [0.3, 0.4) is 0 Å². The lowest BCUT2D eigenvalue weighted by molar-refractivity contribution is 0.146. The molecule has 1 spiro atoms. The van der Waals surface area contributed by atoms with E-state index in [1.54, 1.807) is 0 Å². The minimum Gasteiger partial charge on any atom is -0.385 e. The van der Waals surface area contributed by atoms with Crippen LogP contribution in [0.1, 0.15) is 40.0 Å². The second kappa shape index (κ2) is 3.70. The van der Waals surface area contributed by atoms with Crippen molar-refractivity contribution >= 4 is 11.9 Å². The molecule has 5 nitrogen and oxygen atoms in total. The third-order valence-electron chi connectivity index (χ3n) is 4.54.